The summed E-state index contributed by atoms with van der Waals surface area (Å²) in [5, 5.41) is 12.7. The van der Waals surface area contributed by atoms with E-state index >= 15 is 0 Å². The Kier molecular flexibility index (Phi) is 7.19. The van der Waals surface area contributed by atoms with Crippen LogP contribution in [-0.2, 0) is 4.79 Å². The van der Waals surface area contributed by atoms with E-state index in [1.807, 2.05) is 24.3 Å². The van der Waals surface area contributed by atoms with E-state index in [1.165, 1.54) is 7.11 Å². The van der Waals surface area contributed by atoms with E-state index in [0.29, 0.717) is 39.7 Å². The lowest BCUT2D eigenvalue weighted by Gasteiger charge is -2.13. The first-order chi connectivity index (χ1) is 17.0. The van der Waals surface area contributed by atoms with Crippen molar-refractivity contribution in [2.24, 2.45) is 0 Å². The van der Waals surface area contributed by atoms with Crippen LogP contribution in [0.1, 0.15) is 11.4 Å². The molecule has 0 fully saturated rings. The summed E-state index contributed by atoms with van der Waals surface area (Å²) in [6.07, 6.45) is 1.63. The van der Waals surface area contributed by atoms with Crippen molar-refractivity contribution >= 4 is 45.9 Å². The highest BCUT2D eigenvalue weighted by Crippen LogP contribution is 2.37. The molecule has 0 atom stereocenters. The first kappa shape index (κ1) is 23.7. The Balaban J connectivity index is 1.55. The number of ether oxygens (including phenoxy) is 3. The van der Waals surface area contributed by atoms with Gasteiger partial charge in [-0.1, -0.05) is 29.8 Å². The zero-order valence-corrected chi connectivity index (χ0v) is 19.7. The molecule has 0 spiro atoms. The number of nitriles is 1. The number of rotatable bonds is 8. The Morgan fingerprint density at radius 1 is 1.14 bits per heavy atom. The first-order valence-corrected chi connectivity index (χ1v) is 10.9. The predicted octanol–water partition coefficient (Wildman–Crippen LogP) is 5.32. The molecule has 9 heteroatoms. The maximum Gasteiger partial charge on any atom is 0.262 e. The third-order valence-electron chi connectivity index (χ3n) is 5.03. The maximum atomic E-state index is 12.2. The molecule has 0 unspecified atom stereocenters. The molecule has 35 heavy (non-hydrogen) atoms. The van der Waals surface area contributed by atoms with Crippen molar-refractivity contribution in [3.63, 3.8) is 0 Å². The average molecular weight is 489 g/mol. The molecule has 176 valence electrons. The number of fused-ring (bicyclic) bond motifs is 1. The lowest BCUT2D eigenvalue weighted by Crippen LogP contribution is -2.20. The highest BCUT2D eigenvalue weighted by atomic mass is 35.5. The Hall–Kier alpha value is -4.48. The molecular weight excluding hydrogens is 468 g/mol. The van der Waals surface area contributed by atoms with Gasteiger partial charge in [0.1, 0.15) is 17.6 Å². The van der Waals surface area contributed by atoms with Gasteiger partial charge in [-0.2, -0.15) is 5.26 Å². The highest BCUT2D eigenvalue weighted by molar-refractivity contribution is 6.32. The van der Waals surface area contributed by atoms with E-state index in [2.05, 4.69) is 21.4 Å². The normalized spacial score (nSPS) is 11.1. The van der Waals surface area contributed by atoms with Gasteiger partial charge in [0, 0.05) is 11.8 Å². The number of hydrogen-bond donors (Lipinski definition) is 2. The molecule has 0 saturated heterocycles. The molecule has 0 aliphatic carbocycles. The number of halogens is 1. The smallest absolute Gasteiger partial charge is 0.262 e. The zero-order chi connectivity index (χ0) is 24.8. The number of hydrogen-bond acceptors (Lipinski definition) is 6. The van der Waals surface area contributed by atoms with Crippen molar-refractivity contribution in [2.45, 2.75) is 0 Å². The average Bonchev–Trinajstić information content (AvgIpc) is 3.30. The van der Waals surface area contributed by atoms with E-state index in [-0.39, 0.29) is 23.3 Å². The number of aromatic amines is 1. The lowest BCUT2D eigenvalue weighted by molar-refractivity contribution is -0.118. The Bertz CT molecular complexity index is 1440. The van der Waals surface area contributed by atoms with Crippen molar-refractivity contribution in [2.75, 3.05) is 26.1 Å². The molecule has 3 aromatic carbocycles. The molecule has 4 rings (SSSR count). The minimum absolute atomic E-state index is 0.226. The van der Waals surface area contributed by atoms with Crippen molar-refractivity contribution in [3.05, 3.63) is 77.1 Å². The summed E-state index contributed by atoms with van der Waals surface area (Å²) in [7, 11) is 3.05. The fourth-order valence-electron chi connectivity index (χ4n) is 3.38. The van der Waals surface area contributed by atoms with Gasteiger partial charge in [0.05, 0.1) is 35.8 Å². The topological polar surface area (TPSA) is 109 Å². The number of aromatic nitrogens is 2. The number of nitrogens with zero attached hydrogens (tertiary/aromatic N) is 2. The van der Waals surface area contributed by atoms with Crippen LogP contribution in [0, 0.1) is 11.3 Å². The number of nitrogens with one attached hydrogen (secondary N) is 2. The number of allylic oxidation sites excluding steroid dienone is 1. The minimum Gasteiger partial charge on any atom is -0.497 e. The van der Waals surface area contributed by atoms with Gasteiger partial charge in [-0.3, -0.25) is 4.79 Å². The highest BCUT2D eigenvalue weighted by Gasteiger charge is 2.15. The van der Waals surface area contributed by atoms with Crippen LogP contribution in [-0.4, -0.2) is 36.7 Å². The molecule has 4 aromatic rings. The largest absolute Gasteiger partial charge is 0.497 e. The third-order valence-corrected chi connectivity index (χ3v) is 5.31. The number of para-hydroxylation sites is 1. The summed E-state index contributed by atoms with van der Waals surface area (Å²) in [4.78, 5) is 19.9. The van der Waals surface area contributed by atoms with Gasteiger partial charge in [-0.15, -0.1) is 0 Å². The van der Waals surface area contributed by atoms with Crippen molar-refractivity contribution in [1.29, 1.82) is 5.26 Å². The van der Waals surface area contributed by atoms with Crippen LogP contribution in [0.4, 0.5) is 5.69 Å². The molecule has 0 aliphatic heterocycles. The molecule has 1 heterocycles. The lowest BCUT2D eigenvalue weighted by atomic mass is 10.1. The Morgan fingerprint density at radius 2 is 1.94 bits per heavy atom. The second kappa shape index (κ2) is 10.6. The van der Waals surface area contributed by atoms with Gasteiger partial charge in [0.15, 0.2) is 18.1 Å². The van der Waals surface area contributed by atoms with Crippen LogP contribution in [0.25, 0.3) is 22.7 Å². The number of carbonyl (C=O) groups excluding carboxylic acids is 1. The quantitative estimate of drug-likeness (QED) is 0.325. The van der Waals surface area contributed by atoms with E-state index in [1.54, 1.807) is 49.6 Å². The number of anilines is 1. The number of carbonyl (C=O) groups is 1. The minimum atomic E-state index is -0.341. The Labute approximate surface area is 206 Å². The number of H-pyrrole nitrogens is 1. The number of imidazole rings is 1. The monoisotopic (exact) mass is 488 g/mol. The van der Waals surface area contributed by atoms with Crippen LogP contribution in [0.15, 0.2) is 60.7 Å². The molecule has 1 amide bonds. The van der Waals surface area contributed by atoms with Crippen LogP contribution in [0.2, 0.25) is 5.02 Å². The van der Waals surface area contributed by atoms with Crippen molar-refractivity contribution in [1.82, 2.24) is 9.97 Å². The molecule has 0 radical (unpaired) electrons. The summed E-state index contributed by atoms with van der Waals surface area (Å²) in [5.41, 5.74) is 3.01. The van der Waals surface area contributed by atoms with Gasteiger partial charge in [0.2, 0.25) is 0 Å². The van der Waals surface area contributed by atoms with Gasteiger partial charge < -0.3 is 24.5 Å². The molecular formula is C26H21ClN4O4. The molecule has 0 saturated carbocycles. The van der Waals surface area contributed by atoms with Gasteiger partial charge in [-0.05, 0) is 48.0 Å². The number of amides is 1. The second-order valence-corrected chi connectivity index (χ2v) is 7.78. The molecule has 2 N–H and O–H groups in total. The van der Waals surface area contributed by atoms with Gasteiger partial charge >= 0.3 is 0 Å². The molecule has 1 aromatic heterocycles. The van der Waals surface area contributed by atoms with E-state index in [9.17, 15) is 10.1 Å². The van der Waals surface area contributed by atoms with E-state index in [4.69, 9.17) is 25.8 Å². The zero-order valence-electron chi connectivity index (χ0n) is 19.0. The fourth-order valence-corrected chi connectivity index (χ4v) is 3.66. The molecule has 0 bridgehead atoms. The summed E-state index contributed by atoms with van der Waals surface area (Å²) in [5.74, 6) is 1.29. The van der Waals surface area contributed by atoms with E-state index in [0.717, 1.165) is 5.52 Å². The Morgan fingerprint density at radius 3 is 2.66 bits per heavy atom. The standard InChI is InChI=1S/C26H21ClN4O4/c1-33-19-8-9-21-22(13-19)31-26(30-21)17(14-28)10-16-11-20(27)25(23(12-16)34-2)35-15-24(32)29-18-6-4-3-5-7-18/h3-13H,15H2,1-2H3,(H,29,32)(H,30,31)/b17-10-. The van der Waals surface area contributed by atoms with Gasteiger partial charge in [0.25, 0.3) is 5.91 Å². The fraction of sp³-hybridized carbons (Fsp3) is 0.115. The summed E-state index contributed by atoms with van der Waals surface area (Å²) < 4.78 is 16.3. The second-order valence-electron chi connectivity index (χ2n) is 7.38. The van der Waals surface area contributed by atoms with Crippen LogP contribution < -0.4 is 19.5 Å². The summed E-state index contributed by atoms with van der Waals surface area (Å²) >= 11 is 6.44. The SMILES string of the molecule is COc1ccc2nc(/C(C#N)=C\c3cc(Cl)c(OCC(=O)Nc4ccccc4)c(OC)c3)[nH]c2c1. The maximum absolute atomic E-state index is 12.2. The number of methoxy groups -OCH3 is 2. The van der Waals surface area contributed by atoms with Crippen molar-refractivity contribution in [3.8, 4) is 23.3 Å². The van der Waals surface area contributed by atoms with Gasteiger partial charge in [-0.25, -0.2) is 4.98 Å². The van der Waals surface area contributed by atoms with Crippen LogP contribution >= 0.6 is 11.6 Å². The third kappa shape index (κ3) is 5.54. The molecule has 8 nitrogen and oxygen atoms in total. The van der Waals surface area contributed by atoms with Crippen LogP contribution in [0.3, 0.4) is 0 Å². The van der Waals surface area contributed by atoms with Crippen molar-refractivity contribution < 1.29 is 19.0 Å². The summed E-state index contributed by atoms with van der Waals surface area (Å²) in [6, 6.07) is 19.9. The molecule has 0 aliphatic rings. The van der Waals surface area contributed by atoms with Crippen LogP contribution in [0.5, 0.6) is 17.2 Å². The first-order valence-electron chi connectivity index (χ1n) is 10.5. The predicted molar refractivity (Wildman–Crippen MR) is 135 cm³/mol. The summed E-state index contributed by atoms with van der Waals surface area (Å²) in [6.45, 7) is -0.258. The van der Waals surface area contributed by atoms with E-state index < -0.39 is 0 Å². The number of benzene rings is 3.